The molecule has 0 atom stereocenters. The number of methoxy groups -OCH3 is 1. The first kappa shape index (κ1) is 27.2. The minimum absolute atomic E-state index is 0.105. The van der Waals surface area contributed by atoms with E-state index >= 15 is 0 Å². The Labute approximate surface area is 214 Å². The van der Waals surface area contributed by atoms with Crippen LogP contribution in [0.25, 0.3) is 0 Å². The van der Waals surface area contributed by atoms with Gasteiger partial charge in [-0.3, -0.25) is 9.59 Å². The average Bonchev–Trinajstić information content (AvgIpc) is 2.87. The van der Waals surface area contributed by atoms with E-state index in [1.165, 1.54) is 44.4 Å². The van der Waals surface area contributed by atoms with E-state index in [0.29, 0.717) is 11.6 Å². The van der Waals surface area contributed by atoms with Crippen molar-refractivity contribution < 1.29 is 37.0 Å². The highest BCUT2D eigenvalue weighted by atomic mass is 35.5. The SMILES string of the molecule is COc1cc(C(C)=NNC(=O)C(=O)Nc2cccc(C(F)(F)F)c2)ccc1OC(=O)c1ccccc1Cl. The number of anilines is 1. The molecule has 3 rings (SSSR count). The minimum Gasteiger partial charge on any atom is -0.493 e. The first-order valence-corrected chi connectivity index (χ1v) is 10.9. The number of hydrogen-bond donors (Lipinski definition) is 2. The number of esters is 1. The Morgan fingerprint density at radius 1 is 0.919 bits per heavy atom. The third-order valence-corrected chi connectivity index (χ3v) is 5.19. The number of carbonyl (C=O) groups is 3. The summed E-state index contributed by atoms with van der Waals surface area (Å²) in [6, 6.07) is 14.7. The molecule has 0 unspecified atom stereocenters. The lowest BCUT2D eigenvalue weighted by molar-refractivity contribution is -0.137. The summed E-state index contributed by atoms with van der Waals surface area (Å²) in [5.74, 6) is -2.82. The number of benzene rings is 3. The highest BCUT2D eigenvalue weighted by molar-refractivity contribution is 6.39. The highest BCUT2D eigenvalue weighted by Crippen LogP contribution is 2.31. The van der Waals surface area contributed by atoms with Crippen molar-refractivity contribution in [1.82, 2.24) is 5.43 Å². The molecule has 0 aliphatic heterocycles. The van der Waals surface area contributed by atoms with Crippen molar-refractivity contribution in [2.45, 2.75) is 13.1 Å². The van der Waals surface area contributed by atoms with Crippen molar-refractivity contribution >= 4 is 40.8 Å². The molecule has 0 aliphatic rings. The summed E-state index contributed by atoms with van der Waals surface area (Å²) < 4.78 is 49.1. The van der Waals surface area contributed by atoms with Gasteiger partial charge in [-0.1, -0.05) is 29.8 Å². The summed E-state index contributed by atoms with van der Waals surface area (Å²) in [4.78, 5) is 36.6. The first-order valence-electron chi connectivity index (χ1n) is 10.5. The van der Waals surface area contributed by atoms with Crippen LogP contribution >= 0.6 is 11.6 Å². The fourth-order valence-electron chi connectivity index (χ4n) is 2.97. The summed E-state index contributed by atoms with van der Waals surface area (Å²) in [7, 11) is 1.36. The number of nitrogens with one attached hydrogen (secondary N) is 2. The summed E-state index contributed by atoms with van der Waals surface area (Å²) in [6.07, 6.45) is -4.60. The van der Waals surface area contributed by atoms with Crippen LogP contribution in [0.2, 0.25) is 5.02 Å². The van der Waals surface area contributed by atoms with Crippen LogP contribution in [0.4, 0.5) is 18.9 Å². The van der Waals surface area contributed by atoms with E-state index in [-0.39, 0.29) is 33.5 Å². The number of nitrogens with zero attached hydrogens (tertiary/aromatic N) is 1. The third kappa shape index (κ3) is 7.07. The van der Waals surface area contributed by atoms with Gasteiger partial charge in [-0.05, 0) is 55.5 Å². The predicted octanol–water partition coefficient (Wildman–Crippen LogP) is 5.07. The van der Waals surface area contributed by atoms with Gasteiger partial charge in [0, 0.05) is 11.3 Å². The van der Waals surface area contributed by atoms with Gasteiger partial charge < -0.3 is 14.8 Å². The van der Waals surface area contributed by atoms with Crippen LogP contribution in [0, 0.1) is 0 Å². The smallest absolute Gasteiger partial charge is 0.416 e. The van der Waals surface area contributed by atoms with Crippen molar-refractivity contribution in [3.05, 3.63) is 88.4 Å². The Bertz CT molecular complexity index is 1380. The second-order valence-corrected chi connectivity index (χ2v) is 7.81. The van der Waals surface area contributed by atoms with Crippen LogP contribution in [0.5, 0.6) is 11.5 Å². The van der Waals surface area contributed by atoms with Gasteiger partial charge in [0.25, 0.3) is 0 Å². The number of hydrazone groups is 1. The largest absolute Gasteiger partial charge is 0.493 e. The molecule has 0 heterocycles. The molecular weight excluding hydrogens is 515 g/mol. The van der Waals surface area contributed by atoms with Crippen LogP contribution in [0.15, 0.2) is 71.8 Å². The van der Waals surface area contributed by atoms with Gasteiger partial charge in [-0.2, -0.15) is 18.3 Å². The van der Waals surface area contributed by atoms with Gasteiger partial charge in [0.05, 0.1) is 29.0 Å². The fourth-order valence-corrected chi connectivity index (χ4v) is 3.18. The second kappa shape index (κ2) is 11.6. The van der Waals surface area contributed by atoms with Crippen molar-refractivity contribution in [2.75, 3.05) is 12.4 Å². The molecule has 2 N–H and O–H groups in total. The number of rotatable bonds is 6. The summed E-state index contributed by atoms with van der Waals surface area (Å²) >= 11 is 6.02. The second-order valence-electron chi connectivity index (χ2n) is 7.41. The molecule has 192 valence electrons. The predicted molar refractivity (Wildman–Crippen MR) is 130 cm³/mol. The fraction of sp³-hybridized carbons (Fsp3) is 0.120. The molecule has 0 bridgehead atoms. The Morgan fingerprint density at radius 2 is 1.65 bits per heavy atom. The van der Waals surface area contributed by atoms with Gasteiger partial charge in [0.2, 0.25) is 0 Å². The van der Waals surface area contributed by atoms with Crippen LogP contribution in [0.1, 0.15) is 28.4 Å². The Kier molecular flexibility index (Phi) is 8.51. The lowest BCUT2D eigenvalue weighted by Gasteiger charge is -2.12. The van der Waals surface area contributed by atoms with Gasteiger partial charge >= 0.3 is 24.0 Å². The maximum absolute atomic E-state index is 12.8. The Morgan fingerprint density at radius 3 is 2.32 bits per heavy atom. The van der Waals surface area contributed by atoms with E-state index in [1.54, 1.807) is 18.2 Å². The average molecular weight is 534 g/mol. The molecule has 3 aromatic rings. The van der Waals surface area contributed by atoms with Crippen molar-refractivity contribution in [3.8, 4) is 11.5 Å². The van der Waals surface area contributed by atoms with Gasteiger partial charge in [0.15, 0.2) is 11.5 Å². The van der Waals surface area contributed by atoms with E-state index < -0.39 is 29.5 Å². The van der Waals surface area contributed by atoms with Crippen LogP contribution < -0.4 is 20.2 Å². The third-order valence-electron chi connectivity index (χ3n) is 4.86. The van der Waals surface area contributed by atoms with E-state index in [1.807, 2.05) is 5.43 Å². The quantitative estimate of drug-likeness (QED) is 0.151. The zero-order chi connectivity index (χ0) is 27.2. The monoisotopic (exact) mass is 533 g/mol. The van der Waals surface area contributed by atoms with Crippen molar-refractivity contribution in [2.24, 2.45) is 5.10 Å². The molecule has 3 aromatic carbocycles. The zero-order valence-electron chi connectivity index (χ0n) is 19.4. The molecule has 0 fully saturated rings. The van der Waals surface area contributed by atoms with Crippen molar-refractivity contribution in [1.29, 1.82) is 0 Å². The molecule has 0 aliphatic carbocycles. The van der Waals surface area contributed by atoms with Crippen LogP contribution in [0.3, 0.4) is 0 Å². The topological polar surface area (TPSA) is 106 Å². The molecule has 0 aromatic heterocycles. The maximum Gasteiger partial charge on any atom is 0.416 e. The Hall–Kier alpha value is -4.38. The number of hydrogen-bond acceptors (Lipinski definition) is 6. The molecule has 8 nitrogen and oxygen atoms in total. The van der Waals surface area contributed by atoms with Gasteiger partial charge in [0.1, 0.15) is 0 Å². The van der Waals surface area contributed by atoms with E-state index in [0.717, 1.165) is 12.1 Å². The normalized spacial score (nSPS) is 11.5. The standard InChI is InChI=1S/C25H19ClF3N3O5/c1-14(31-32-23(34)22(33)30-17-7-5-6-16(13-17)25(27,28)29)15-10-11-20(21(12-15)36-2)37-24(35)18-8-3-4-9-19(18)26/h3-13H,1-2H3,(H,30,33)(H,32,34). The molecule has 12 heteroatoms. The first-order chi connectivity index (χ1) is 17.5. The minimum atomic E-state index is -4.60. The molecular formula is C25H19ClF3N3O5. The Balaban J connectivity index is 1.67. The molecule has 2 amide bonds. The zero-order valence-corrected chi connectivity index (χ0v) is 20.1. The van der Waals surface area contributed by atoms with E-state index in [4.69, 9.17) is 21.1 Å². The lowest BCUT2D eigenvalue weighted by Crippen LogP contribution is -2.33. The number of alkyl halides is 3. The summed E-state index contributed by atoms with van der Waals surface area (Å²) in [5, 5.41) is 6.14. The molecule has 37 heavy (non-hydrogen) atoms. The molecule has 0 saturated heterocycles. The van der Waals surface area contributed by atoms with E-state index in [2.05, 4.69) is 10.4 Å². The number of carbonyl (C=O) groups excluding carboxylic acids is 3. The summed E-state index contributed by atoms with van der Waals surface area (Å²) in [5.41, 5.74) is 1.72. The number of halogens is 4. The summed E-state index contributed by atoms with van der Waals surface area (Å²) in [6.45, 7) is 1.52. The highest BCUT2D eigenvalue weighted by Gasteiger charge is 2.30. The molecule has 0 saturated carbocycles. The lowest BCUT2D eigenvalue weighted by atomic mass is 10.1. The van der Waals surface area contributed by atoms with Crippen LogP contribution in [-0.2, 0) is 15.8 Å². The van der Waals surface area contributed by atoms with Gasteiger partial charge in [-0.15, -0.1) is 0 Å². The maximum atomic E-state index is 12.8. The molecule has 0 spiro atoms. The van der Waals surface area contributed by atoms with E-state index in [9.17, 15) is 27.6 Å². The number of amides is 2. The number of ether oxygens (including phenoxy) is 2. The van der Waals surface area contributed by atoms with Crippen LogP contribution in [-0.4, -0.2) is 30.6 Å². The van der Waals surface area contributed by atoms with Gasteiger partial charge in [-0.25, -0.2) is 10.2 Å². The van der Waals surface area contributed by atoms with Crippen molar-refractivity contribution in [3.63, 3.8) is 0 Å². The molecule has 0 radical (unpaired) electrons.